The highest BCUT2D eigenvalue weighted by Gasteiger charge is 2.34. The zero-order chi connectivity index (χ0) is 28.0. The van der Waals surface area contributed by atoms with E-state index in [2.05, 4.69) is 15.0 Å². The van der Waals surface area contributed by atoms with Crippen molar-refractivity contribution >= 4 is 11.2 Å². The molecule has 0 unspecified atom stereocenters. The van der Waals surface area contributed by atoms with Gasteiger partial charge < -0.3 is 0 Å². The lowest BCUT2D eigenvalue weighted by atomic mass is 9.84. The Bertz CT molecular complexity index is 1460. The molecule has 0 bridgehead atoms. The lowest BCUT2D eigenvalue weighted by Crippen LogP contribution is -2.29. The summed E-state index contributed by atoms with van der Waals surface area (Å²) in [4.78, 5) is 26.6. The third-order valence-electron chi connectivity index (χ3n) is 6.91. The van der Waals surface area contributed by atoms with Crippen LogP contribution in [0.1, 0.15) is 79.4 Å². The van der Waals surface area contributed by atoms with Crippen molar-refractivity contribution in [1.29, 1.82) is 0 Å². The SMILES string of the molecule is CCCc1cnc2cc(C3CCCCC3)c(=O)n(Cc3ncccc3C(F)(F)F)c2n1.Cc1cccc(F)c1. The molecule has 5 rings (SSSR count). The molecule has 0 amide bonds. The van der Waals surface area contributed by atoms with E-state index in [1.807, 2.05) is 19.9 Å². The number of hydrogen-bond acceptors (Lipinski definition) is 4. The van der Waals surface area contributed by atoms with Gasteiger partial charge in [-0.15, -0.1) is 0 Å². The smallest absolute Gasteiger partial charge is 0.285 e. The summed E-state index contributed by atoms with van der Waals surface area (Å²) >= 11 is 0. The van der Waals surface area contributed by atoms with Gasteiger partial charge in [0.2, 0.25) is 0 Å². The summed E-state index contributed by atoms with van der Waals surface area (Å²) in [5.74, 6) is -0.0650. The van der Waals surface area contributed by atoms with Gasteiger partial charge in [0.05, 0.1) is 23.5 Å². The maximum Gasteiger partial charge on any atom is 0.418 e. The van der Waals surface area contributed by atoms with Crippen molar-refractivity contribution in [2.75, 3.05) is 0 Å². The van der Waals surface area contributed by atoms with Crippen molar-refractivity contribution in [1.82, 2.24) is 19.5 Å². The Hall–Kier alpha value is -3.62. The van der Waals surface area contributed by atoms with Gasteiger partial charge in [0.15, 0.2) is 5.65 Å². The van der Waals surface area contributed by atoms with E-state index >= 15 is 0 Å². The van der Waals surface area contributed by atoms with Crippen molar-refractivity contribution in [3.8, 4) is 0 Å². The number of halogens is 4. The summed E-state index contributed by atoms with van der Waals surface area (Å²) in [7, 11) is 0. The third-order valence-corrected chi connectivity index (χ3v) is 6.91. The number of alkyl halides is 3. The van der Waals surface area contributed by atoms with Crippen LogP contribution in [0.5, 0.6) is 0 Å². The first-order valence-electron chi connectivity index (χ1n) is 13.3. The van der Waals surface area contributed by atoms with Gasteiger partial charge in [0.25, 0.3) is 5.56 Å². The normalized spacial score (nSPS) is 14.2. The number of rotatable bonds is 5. The summed E-state index contributed by atoms with van der Waals surface area (Å²) < 4.78 is 54.1. The second-order valence-electron chi connectivity index (χ2n) is 9.94. The van der Waals surface area contributed by atoms with Gasteiger partial charge in [-0.1, -0.05) is 44.7 Å². The number of nitrogens with zero attached hydrogens (tertiary/aromatic N) is 4. The molecular formula is C30H32F4N4O. The fraction of sp³-hybridized carbons (Fsp3) is 0.400. The zero-order valence-corrected chi connectivity index (χ0v) is 22.1. The Kier molecular flexibility index (Phi) is 9.09. The van der Waals surface area contributed by atoms with Crippen LogP contribution in [0.2, 0.25) is 0 Å². The molecule has 5 nitrogen and oxygen atoms in total. The van der Waals surface area contributed by atoms with Crippen molar-refractivity contribution in [2.24, 2.45) is 0 Å². The Morgan fingerprint density at radius 2 is 1.79 bits per heavy atom. The molecule has 3 heterocycles. The van der Waals surface area contributed by atoms with Crippen LogP contribution in [-0.4, -0.2) is 19.5 Å². The molecule has 1 aliphatic rings. The van der Waals surface area contributed by atoms with Gasteiger partial charge in [-0.2, -0.15) is 13.2 Å². The number of hydrogen-bond donors (Lipinski definition) is 0. The highest BCUT2D eigenvalue weighted by Crippen LogP contribution is 2.33. The van der Waals surface area contributed by atoms with Crippen LogP contribution in [0.25, 0.3) is 11.2 Å². The number of fused-ring (bicyclic) bond motifs is 1. The van der Waals surface area contributed by atoms with E-state index in [9.17, 15) is 22.4 Å². The molecule has 3 aromatic heterocycles. The Balaban J connectivity index is 0.000000379. The van der Waals surface area contributed by atoms with E-state index in [0.717, 1.165) is 50.2 Å². The van der Waals surface area contributed by atoms with E-state index < -0.39 is 11.7 Å². The summed E-state index contributed by atoms with van der Waals surface area (Å²) in [6.45, 7) is 3.58. The molecule has 9 heteroatoms. The van der Waals surface area contributed by atoms with E-state index in [-0.39, 0.29) is 29.5 Å². The topological polar surface area (TPSA) is 60.7 Å². The monoisotopic (exact) mass is 540 g/mol. The van der Waals surface area contributed by atoms with Crippen molar-refractivity contribution < 1.29 is 17.6 Å². The molecule has 206 valence electrons. The molecule has 39 heavy (non-hydrogen) atoms. The quantitative estimate of drug-likeness (QED) is 0.248. The van der Waals surface area contributed by atoms with E-state index in [4.69, 9.17) is 0 Å². The molecule has 0 atom stereocenters. The average Bonchev–Trinajstić information content (AvgIpc) is 2.91. The van der Waals surface area contributed by atoms with Crippen LogP contribution in [0, 0.1) is 12.7 Å². The minimum Gasteiger partial charge on any atom is -0.285 e. The number of pyridine rings is 2. The van der Waals surface area contributed by atoms with Crippen LogP contribution >= 0.6 is 0 Å². The number of benzene rings is 1. The lowest BCUT2D eigenvalue weighted by molar-refractivity contribution is -0.138. The van der Waals surface area contributed by atoms with Gasteiger partial charge in [0, 0.05) is 18.0 Å². The molecule has 1 aromatic carbocycles. The van der Waals surface area contributed by atoms with Gasteiger partial charge in [-0.05, 0) is 68.0 Å². The summed E-state index contributed by atoms with van der Waals surface area (Å²) in [5, 5.41) is 0. The van der Waals surface area contributed by atoms with E-state index in [1.54, 1.807) is 18.3 Å². The maximum atomic E-state index is 13.5. The van der Waals surface area contributed by atoms with Crippen LogP contribution in [0.15, 0.2) is 59.7 Å². The van der Waals surface area contributed by atoms with Crippen molar-refractivity contribution in [2.45, 2.75) is 77.4 Å². The molecule has 0 N–H and O–H groups in total. The van der Waals surface area contributed by atoms with E-state index in [0.29, 0.717) is 28.8 Å². The largest absolute Gasteiger partial charge is 0.418 e. The molecule has 1 saturated carbocycles. The lowest BCUT2D eigenvalue weighted by Gasteiger charge is -2.23. The third kappa shape index (κ3) is 7.07. The zero-order valence-electron chi connectivity index (χ0n) is 22.1. The standard InChI is InChI=1S/C23H25F3N4O.C7H7F/c1-2-7-16-13-28-19-12-17(15-8-4-3-5-9-15)22(31)30(21(19)29-16)14-20-18(23(24,25)26)10-6-11-27-20;1-6-3-2-4-7(8)5-6/h6,10-13,15H,2-5,7-9,14H2,1H3;2-5H,1H3. The summed E-state index contributed by atoms with van der Waals surface area (Å²) in [6.07, 6.45) is 5.01. The van der Waals surface area contributed by atoms with Crippen molar-refractivity contribution in [3.05, 3.63) is 99.1 Å². The molecule has 0 spiro atoms. The second kappa shape index (κ2) is 12.5. The first-order valence-corrected chi connectivity index (χ1v) is 13.3. The van der Waals surface area contributed by atoms with Gasteiger partial charge >= 0.3 is 6.18 Å². The van der Waals surface area contributed by atoms with Crippen LogP contribution in [0.3, 0.4) is 0 Å². The van der Waals surface area contributed by atoms with Gasteiger partial charge in [-0.25, -0.2) is 9.37 Å². The molecule has 1 fully saturated rings. The number of aryl methyl sites for hydroxylation is 2. The predicted octanol–water partition coefficient (Wildman–Crippen LogP) is 7.39. The van der Waals surface area contributed by atoms with Gasteiger partial charge in [-0.3, -0.25) is 19.3 Å². The first kappa shape index (κ1) is 28.4. The Morgan fingerprint density at radius 3 is 2.44 bits per heavy atom. The predicted molar refractivity (Wildman–Crippen MR) is 143 cm³/mol. The second-order valence-corrected chi connectivity index (χ2v) is 9.94. The fourth-order valence-electron chi connectivity index (χ4n) is 4.99. The number of aromatic nitrogens is 4. The highest BCUT2D eigenvalue weighted by atomic mass is 19.4. The first-order chi connectivity index (χ1) is 18.7. The molecule has 0 saturated heterocycles. The van der Waals surface area contributed by atoms with Crippen LogP contribution in [-0.2, 0) is 19.1 Å². The Labute approximate surface area is 225 Å². The van der Waals surface area contributed by atoms with Crippen molar-refractivity contribution in [3.63, 3.8) is 0 Å². The fourth-order valence-corrected chi connectivity index (χ4v) is 4.99. The molecular weight excluding hydrogens is 508 g/mol. The average molecular weight is 541 g/mol. The Morgan fingerprint density at radius 1 is 1.03 bits per heavy atom. The minimum atomic E-state index is -4.55. The minimum absolute atomic E-state index is 0.0971. The van der Waals surface area contributed by atoms with Gasteiger partial charge in [0.1, 0.15) is 11.3 Å². The molecule has 4 aromatic rings. The maximum absolute atomic E-state index is 13.5. The van der Waals surface area contributed by atoms with Crippen LogP contribution in [0.4, 0.5) is 17.6 Å². The molecule has 0 radical (unpaired) electrons. The molecule has 0 aliphatic heterocycles. The highest BCUT2D eigenvalue weighted by molar-refractivity contribution is 5.71. The van der Waals surface area contributed by atoms with E-state index in [1.165, 1.54) is 29.0 Å². The summed E-state index contributed by atoms with van der Waals surface area (Å²) in [5.41, 5.74) is 1.82. The van der Waals surface area contributed by atoms with Crippen LogP contribution < -0.4 is 5.56 Å². The molecule has 1 aliphatic carbocycles. The summed E-state index contributed by atoms with van der Waals surface area (Å²) in [6, 6.07) is 10.5.